The molecule has 8 nitrogen and oxygen atoms in total. The van der Waals surface area contributed by atoms with Crippen molar-refractivity contribution in [1.29, 1.82) is 0 Å². The highest BCUT2D eigenvalue weighted by Gasteiger charge is 2.13. The standard InChI is InChI=1S/C24H21ClIN3O5/c1-2-33-22-12-17(11-21(26)24(22)34-15-18-5-3-4-6-20(18)25)14-27-28-23(30)13-16-7-9-19(10-8-16)29(31)32/h3-12,14H,2,13,15H2,1H3,(H,28,30)/b27-14-. The van der Waals surface area contributed by atoms with Crippen LogP contribution < -0.4 is 14.9 Å². The van der Waals surface area contributed by atoms with E-state index in [9.17, 15) is 14.9 Å². The molecule has 0 aliphatic heterocycles. The Hall–Kier alpha value is -3.18. The monoisotopic (exact) mass is 593 g/mol. The van der Waals surface area contributed by atoms with Gasteiger partial charge in [0.15, 0.2) is 11.5 Å². The highest BCUT2D eigenvalue weighted by molar-refractivity contribution is 14.1. The molecule has 0 heterocycles. The number of non-ortho nitro benzene ring substituents is 1. The van der Waals surface area contributed by atoms with Crippen molar-refractivity contribution in [3.63, 3.8) is 0 Å². The summed E-state index contributed by atoms with van der Waals surface area (Å²) in [4.78, 5) is 22.4. The highest BCUT2D eigenvalue weighted by Crippen LogP contribution is 2.35. The first kappa shape index (κ1) is 25.4. The number of hydrogen-bond acceptors (Lipinski definition) is 6. The quantitative estimate of drug-likeness (QED) is 0.144. The number of halogens is 2. The number of rotatable bonds is 10. The molecule has 3 aromatic carbocycles. The fourth-order valence-corrected chi connectivity index (χ4v) is 3.94. The highest BCUT2D eigenvalue weighted by atomic mass is 127. The molecular formula is C24H21ClIN3O5. The number of nitrogens with zero attached hydrogens (tertiary/aromatic N) is 2. The largest absolute Gasteiger partial charge is 0.490 e. The molecule has 0 unspecified atom stereocenters. The molecule has 1 N–H and O–H groups in total. The fraction of sp³-hybridized carbons (Fsp3) is 0.167. The molecule has 10 heteroatoms. The van der Waals surface area contributed by atoms with E-state index in [0.29, 0.717) is 40.9 Å². The van der Waals surface area contributed by atoms with Gasteiger partial charge in [-0.1, -0.05) is 41.9 Å². The van der Waals surface area contributed by atoms with Gasteiger partial charge in [0.2, 0.25) is 5.91 Å². The molecule has 1 amide bonds. The van der Waals surface area contributed by atoms with Gasteiger partial charge >= 0.3 is 0 Å². The Labute approximate surface area is 215 Å². The summed E-state index contributed by atoms with van der Waals surface area (Å²) in [6.45, 7) is 2.62. The Bertz CT molecular complexity index is 1200. The van der Waals surface area contributed by atoms with Crippen molar-refractivity contribution in [2.75, 3.05) is 6.61 Å². The number of amides is 1. The smallest absolute Gasteiger partial charge is 0.269 e. The van der Waals surface area contributed by atoms with Gasteiger partial charge < -0.3 is 9.47 Å². The van der Waals surface area contributed by atoms with Gasteiger partial charge in [-0.05, 0) is 58.8 Å². The van der Waals surface area contributed by atoms with E-state index >= 15 is 0 Å². The molecule has 0 aliphatic rings. The predicted molar refractivity (Wildman–Crippen MR) is 139 cm³/mol. The predicted octanol–water partition coefficient (Wildman–Crippen LogP) is 5.52. The maximum atomic E-state index is 12.1. The first-order valence-electron chi connectivity index (χ1n) is 10.2. The van der Waals surface area contributed by atoms with Crippen LogP contribution in [0, 0.1) is 13.7 Å². The van der Waals surface area contributed by atoms with E-state index < -0.39 is 4.92 Å². The fourth-order valence-electron chi connectivity index (χ4n) is 2.97. The first-order valence-corrected chi connectivity index (χ1v) is 11.7. The van der Waals surface area contributed by atoms with Crippen LogP contribution in [0.3, 0.4) is 0 Å². The number of benzene rings is 3. The Kier molecular flexibility index (Phi) is 9.23. The third kappa shape index (κ3) is 7.16. The molecule has 0 aliphatic carbocycles. The molecule has 0 atom stereocenters. The number of hydrogen-bond donors (Lipinski definition) is 1. The van der Waals surface area contributed by atoms with Gasteiger partial charge in [-0.25, -0.2) is 5.43 Å². The van der Waals surface area contributed by atoms with Crippen molar-refractivity contribution in [3.8, 4) is 11.5 Å². The number of nitro groups is 1. The second-order valence-electron chi connectivity index (χ2n) is 7.04. The maximum absolute atomic E-state index is 12.1. The maximum Gasteiger partial charge on any atom is 0.269 e. The molecule has 176 valence electrons. The lowest BCUT2D eigenvalue weighted by molar-refractivity contribution is -0.384. The van der Waals surface area contributed by atoms with Gasteiger partial charge in [-0.15, -0.1) is 0 Å². The molecule has 3 rings (SSSR count). The van der Waals surface area contributed by atoms with E-state index in [1.807, 2.05) is 37.3 Å². The molecule has 0 aromatic heterocycles. The molecule has 0 radical (unpaired) electrons. The van der Waals surface area contributed by atoms with Crippen LogP contribution in [0.2, 0.25) is 5.02 Å². The topological polar surface area (TPSA) is 103 Å². The van der Waals surface area contributed by atoms with E-state index in [-0.39, 0.29) is 18.0 Å². The Balaban J connectivity index is 1.65. The van der Waals surface area contributed by atoms with Crippen molar-refractivity contribution in [3.05, 3.63) is 96.1 Å². The zero-order chi connectivity index (χ0) is 24.5. The third-order valence-electron chi connectivity index (χ3n) is 4.58. The molecule has 0 saturated carbocycles. The van der Waals surface area contributed by atoms with Crippen LogP contribution in [0.5, 0.6) is 11.5 Å². The molecular weight excluding hydrogens is 573 g/mol. The SMILES string of the molecule is CCOc1cc(/C=N\NC(=O)Cc2ccc([N+](=O)[O-])cc2)cc(I)c1OCc1ccccc1Cl. The number of nitro benzene ring substituents is 1. The summed E-state index contributed by atoms with van der Waals surface area (Å²) in [6.07, 6.45) is 1.56. The Morgan fingerprint density at radius 3 is 2.59 bits per heavy atom. The van der Waals surface area contributed by atoms with Crippen LogP contribution in [0.4, 0.5) is 5.69 Å². The normalized spacial score (nSPS) is 10.8. The molecule has 0 spiro atoms. The molecule has 0 fully saturated rings. The van der Waals surface area contributed by atoms with Gasteiger partial charge in [-0.3, -0.25) is 14.9 Å². The van der Waals surface area contributed by atoms with Crippen LogP contribution in [-0.2, 0) is 17.8 Å². The van der Waals surface area contributed by atoms with Gasteiger partial charge in [-0.2, -0.15) is 5.10 Å². The number of ether oxygens (including phenoxy) is 2. The lowest BCUT2D eigenvalue weighted by Gasteiger charge is -2.15. The van der Waals surface area contributed by atoms with Crippen molar-refractivity contribution in [2.24, 2.45) is 5.10 Å². The summed E-state index contributed by atoms with van der Waals surface area (Å²) in [5.74, 6) is 0.811. The van der Waals surface area contributed by atoms with E-state index in [2.05, 4.69) is 33.1 Å². The molecule has 3 aromatic rings. The number of hydrazone groups is 1. The van der Waals surface area contributed by atoms with Crippen molar-refractivity contribution in [1.82, 2.24) is 5.43 Å². The molecule has 34 heavy (non-hydrogen) atoms. The minimum atomic E-state index is -0.487. The summed E-state index contributed by atoms with van der Waals surface area (Å²) in [7, 11) is 0. The summed E-state index contributed by atoms with van der Waals surface area (Å²) >= 11 is 8.37. The number of carbonyl (C=O) groups excluding carboxylic acids is 1. The lowest BCUT2D eigenvalue weighted by atomic mass is 10.1. The third-order valence-corrected chi connectivity index (χ3v) is 5.75. The van der Waals surface area contributed by atoms with E-state index in [0.717, 1.165) is 9.13 Å². The van der Waals surface area contributed by atoms with Gasteiger partial charge in [0.25, 0.3) is 5.69 Å². The van der Waals surface area contributed by atoms with E-state index in [1.54, 1.807) is 18.2 Å². The lowest BCUT2D eigenvalue weighted by Crippen LogP contribution is -2.19. The molecule has 0 bridgehead atoms. The zero-order valence-corrected chi connectivity index (χ0v) is 21.1. The number of nitrogens with one attached hydrogen (secondary N) is 1. The second-order valence-corrected chi connectivity index (χ2v) is 8.61. The Morgan fingerprint density at radius 1 is 1.18 bits per heavy atom. The van der Waals surface area contributed by atoms with Crippen molar-refractivity contribution in [2.45, 2.75) is 20.0 Å². The Morgan fingerprint density at radius 2 is 1.91 bits per heavy atom. The average Bonchev–Trinajstić information content (AvgIpc) is 2.80. The summed E-state index contributed by atoms with van der Waals surface area (Å²) in [6, 6.07) is 16.9. The zero-order valence-electron chi connectivity index (χ0n) is 18.2. The van der Waals surface area contributed by atoms with Crippen LogP contribution in [0.25, 0.3) is 0 Å². The summed E-state index contributed by atoms with van der Waals surface area (Å²) < 4.78 is 12.6. The summed E-state index contributed by atoms with van der Waals surface area (Å²) in [5.41, 5.74) is 4.66. The van der Waals surface area contributed by atoms with E-state index in [4.69, 9.17) is 21.1 Å². The first-order chi connectivity index (χ1) is 16.4. The van der Waals surface area contributed by atoms with Crippen LogP contribution >= 0.6 is 34.2 Å². The van der Waals surface area contributed by atoms with Crippen LogP contribution in [0.1, 0.15) is 23.6 Å². The molecule has 0 saturated heterocycles. The van der Waals surface area contributed by atoms with Gasteiger partial charge in [0, 0.05) is 22.7 Å². The number of carbonyl (C=O) groups is 1. The van der Waals surface area contributed by atoms with Gasteiger partial charge in [0.1, 0.15) is 6.61 Å². The average molecular weight is 594 g/mol. The van der Waals surface area contributed by atoms with Crippen LogP contribution in [-0.4, -0.2) is 23.7 Å². The summed E-state index contributed by atoms with van der Waals surface area (Å²) in [5, 5.41) is 15.4. The minimum Gasteiger partial charge on any atom is -0.490 e. The van der Waals surface area contributed by atoms with E-state index in [1.165, 1.54) is 18.3 Å². The van der Waals surface area contributed by atoms with Gasteiger partial charge in [0.05, 0.1) is 27.7 Å². The van der Waals surface area contributed by atoms with Crippen molar-refractivity contribution >= 4 is 52.0 Å². The van der Waals surface area contributed by atoms with Crippen molar-refractivity contribution < 1.29 is 19.2 Å². The minimum absolute atomic E-state index is 0.0267. The second kappa shape index (κ2) is 12.3. The van der Waals surface area contributed by atoms with Crippen LogP contribution in [0.15, 0.2) is 65.8 Å².